The van der Waals surface area contributed by atoms with E-state index in [1.54, 1.807) is 0 Å². The standard InChI is InChI=1S/C21H29N/c1-6-19-9-11-21(12-10-19)22(14-16(2)3)15-20-8-7-17(4)18(5)13-20/h7-13,16H,6,14-15H2,1-5H3. The number of hydrogen-bond donors (Lipinski definition) is 0. The molecule has 0 saturated carbocycles. The van der Waals surface area contributed by atoms with Gasteiger partial charge in [-0.15, -0.1) is 0 Å². The largest absolute Gasteiger partial charge is 0.367 e. The second-order valence-corrected chi connectivity index (χ2v) is 6.71. The Morgan fingerprint density at radius 1 is 0.864 bits per heavy atom. The second kappa shape index (κ2) is 7.49. The van der Waals surface area contributed by atoms with E-state index in [9.17, 15) is 0 Å². The minimum absolute atomic E-state index is 0.650. The van der Waals surface area contributed by atoms with E-state index >= 15 is 0 Å². The molecule has 1 nitrogen and oxygen atoms in total. The zero-order chi connectivity index (χ0) is 16.1. The molecule has 118 valence electrons. The van der Waals surface area contributed by atoms with Gasteiger partial charge in [0.2, 0.25) is 0 Å². The molecule has 0 fully saturated rings. The summed E-state index contributed by atoms with van der Waals surface area (Å²) in [4.78, 5) is 2.49. The van der Waals surface area contributed by atoms with Gasteiger partial charge in [0.25, 0.3) is 0 Å². The highest BCUT2D eigenvalue weighted by atomic mass is 15.1. The molecule has 0 spiro atoms. The number of nitrogens with zero attached hydrogens (tertiary/aromatic N) is 1. The van der Waals surface area contributed by atoms with Crippen molar-refractivity contribution in [1.29, 1.82) is 0 Å². The highest BCUT2D eigenvalue weighted by molar-refractivity contribution is 5.48. The highest BCUT2D eigenvalue weighted by Gasteiger charge is 2.10. The van der Waals surface area contributed by atoms with Crippen molar-refractivity contribution in [3.63, 3.8) is 0 Å². The normalized spacial score (nSPS) is 11.0. The van der Waals surface area contributed by atoms with E-state index in [1.807, 2.05) is 0 Å². The van der Waals surface area contributed by atoms with Gasteiger partial charge in [-0.25, -0.2) is 0 Å². The van der Waals surface area contributed by atoms with Crippen LogP contribution >= 0.6 is 0 Å². The van der Waals surface area contributed by atoms with Crippen molar-refractivity contribution in [2.45, 2.75) is 47.6 Å². The number of anilines is 1. The summed E-state index contributed by atoms with van der Waals surface area (Å²) < 4.78 is 0. The molecule has 0 saturated heterocycles. The van der Waals surface area contributed by atoms with Crippen molar-refractivity contribution in [2.24, 2.45) is 5.92 Å². The lowest BCUT2D eigenvalue weighted by molar-refractivity contribution is 0.609. The molecule has 0 bridgehead atoms. The molecular weight excluding hydrogens is 266 g/mol. The summed E-state index contributed by atoms with van der Waals surface area (Å²) in [7, 11) is 0. The number of rotatable bonds is 6. The van der Waals surface area contributed by atoms with Gasteiger partial charge in [-0.05, 0) is 60.6 Å². The van der Waals surface area contributed by atoms with Crippen LogP contribution in [0.3, 0.4) is 0 Å². The third-order valence-electron chi connectivity index (χ3n) is 4.24. The van der Waals surface area contributed by atoms with Crippen LogP contribution in [0.4, 0.5) is 5.69 Å². The van der Waals surface area contributed by atoms with Gasteiger partial charge >= 0.3 is 0 Å². The van der Waals surface area contributed by atoms with Crippen LogP contribution in [-0.2, 0) is 13.0 Å². The molecule has 2 aromatic carbocycles. The Hall–Kier alpha value is -1.76. The maximum atomic E-state index is 2.49. The molecule has 2 rings (SSSR count). The summed E-state index contributed by atoms with van der Waals surface area (Å²) in [6, 6.07) is 15.9. The molecule has 2 aromatic rings. The first-order chi connectivity index (χ1) is 10.5. The van der Waals surface area contributed by atoms with E-state index < -0.39 is 0 Å². The van der Waals surface area contributed by atoms with Crippen LogP contribution < -0.4 is 4.90 Å². The van der Waals surface area contributed by atoms with E-state index in [-0.39, 0.29) is 0 Å². The van der Waals surface area contributed by atoms with Gasteiger partial charge in [-0.3, -0.25) is 0 Å². The van der Waals surface area contributed by atoms with Crippen molar-refractivity contribution in [3.8, 4) is 0 Å². The second-order valence-electron chi connectivity index (χ2n) is 6.71. The van der Waals surface area contributed by atoms with Gasteiger partial charge < -0.3 is 4.90 Å². The lowest BCUT2D eigenvalue weighted by Gasteiger charge is -2.27. The third-order valence-corrected chi connectivity index (χ3v) is 4.24. The first-order valence-electron chi connectivity index (χ1n) is 8.39. The van der Waals surface area contributed by atoms with Crippen LogP contribution in [0.15, 0.2) is 42.5 Å². The summed E-state index contributed by atoms with van der Waals surface area (Å²) in [6.45, 7) is 13.2. The third kappa shape index (κ3) is 4.37. The Balaban J connectivity index is 2.22. The van der Waals surface area contributed by atoms with Crippen molar-refractivity contribution in [2.75, 3.05) is 11.4 Å². The minimum atomic E-state index is 0.650. The first-order valence-corrected chi connectivity index (χ1v) is 8.39. The Kier molecular flexibility index (Phi) is 5.65. The molecule has 0 radical (unpaired) electrons. The monoisotopic (exact) mass is 295 g/mol. The molecule has 0 unspecified atom stereocenters. The SMILES string of the molecule is CCc1ccc(N(Cc2ccc(C)c(C)c2)CC(C)C)cc1. The first kappa shape index (κ1) is 16.6. The van der Waals surface area contributed by atoms with Crippen molar-refractivity contribution >= 4 is 5.69 Å². The maximum Gasteiger partial charge on any atom is 0.0429 e. The Morgan fingerprint density at radius 3 is 2.05 bits per heavy atom. The average molecular weight is 295 g/mol. The molecular formula is C21H29N. The molecule has 22 heavy (non-hydrogen) atoms. The molecule has 0 heterocycles. The summed E-state index contributed by atoms with van der Waals surface area (Å²) >= 11 is 0. The molecule has 1 heteroatoms. The zero-order valence-corrected chi connectivity index (χ0v) is 14.7. The van der Waals surface area contributed by atoms with Crippen molar-refractivity contribution < 1.29 is 0 Å². The molecule has 0 aliphatic heterocycles. The van der Waals surface area contributed by atoms with E-state index in [2.05, 4.69) is 82.0 Å². The molecule has 0 atom stereocenters. The fraction of sp³-hybridized carbons (Fsp3) is 0.429. The summed E-state index contributed by atoms with van der Waals surface area (Å²) in [6.07, 6.45) is 1.10. The molecule has 0 amide bonds. The lowest BCUT2D eigenvalue weighted by atomic mass is 10.0. The van der Waals surface area contributed by atoms with Gasteiger partial charge in [0.1, 0.15) is 0 Å². The van der Waals surface area contributed by atoms with Crippen molar-refractivity contribution in [3.05, 3.63) is 64.7 Å². The predicted molar refractivity (Wildman–Crippen MR) is 97.6 cm³/mol. The fourth-order valence-corrected chi connectivity index (χ4v) is 2.77. The topological polar surface area (TPSA) is 3.24 Å². The van der Waals surface area contributed by atoms with Crippen LogP contribution in [0.5, 0.6) is 0 Å². The molecule has 0 aliphatic rings. The van der Waals surface area contributed by atoms with Crippen LogP contribution in [-0.4, -0.2) is 6.54 Å². The van der Waals surface area contributed by atoms with Gasteiger partial charge in [0.15, 0.2) is 0 Å². The Bertz CT molecular complexity index is 596. The smallest absolute Gasteiger partial charge is 0.0429 e. The Morgan fingerprint density at radius 2 is 1.50 bits per heavy atom. The van der Waals surface area contributed by atoms with E-state index in [4.69, 9.17) is 0 Å². The summed E-state index contributed by atoms with van der Waals surface area (Å²) in [5.41, 5.74) is 6.86. The van der Waals surface area contributed by atoms with E-state index in [0.29, 0.717) is 5.92 Å². The van der Waals surface area contributed by atoms with Gasteiger partial charge in [-0.1, -0.05) is 51.1 Å². The predicted octanol–water partition coefficient (Wildman–Crippen LogP) is 5.53. The van der Waals surface area contributed by atoms with Crippen LogP contribution in [0.1, 0.15) is 43.0 Å². The number of aryl methyl sites for hydroxylation is 3. The summed E-state index contributed by atoms with van der Waals surface area (Å²) in [5.74, 6) is 0.650. The van der Waals surface area contributed by atoms with Gasteiger partial charge in [-0.2, -0.15) is 0 Å². The lowest BCUT2D eigenvalue weighted by Crippen LogP contribution is -2.27. The van der Waals surface area contributed by atoms with Crippen molar-refractivity contribution in [1.82, 2.24) is 0 Å². The minimum Gasteiger partial charge on any atom is -0.367 e. The Labute approximate surface area is 136 Å². The number of benzene rings is 2. The maximum absolute atomic E-state index is 2.49. The van der Waals surface area contributed by atoms with E-state index in [1.165, 1.54) is 27.9 Å². The molecule has 0 aliphatic carbocycles. The van der Waals surface area contributed by atoms with Gasteiger partial charge in [0.05, 0.1) is 0 Å². The zero-order valence-electron chi connectivity index (χ0n) is 14.7. The van der Waals surface area contributed by atoms with Gasteiger partial charge in [0, 0.05) is 18.8 Å². The van der Waals surface area contributed by atoms with Crippen LogP contribution in [0.2, 0.25) is 0 Å². The quantitative estimate of drug-likeness (QED) is 0.677. The number of hydrogen-bond acceptors (Lipinski definition) is 1. The fourth-order valence-electron chi connectivity index (χ4n) is 2.77. The summed E-state index contributed by atoms with van der Waals surface area (Å²) in [5, 5.41) is 0. The van der Waals surface area contributed by atoms with Crippen LogP contribution in [0.25, 0.3) is 0 Å². The van der Waals surface area contributed by atoms with E-state index in [0.717, 1.165) is 19.5 Å². The van der Waals surface area contributed by atoms with Crippen LogP contribution in [0, 0.1) is 19.8 Å². The highest BCUT2D eigenvalue weighted by Crippen LogP contribution is 2.21. The average Bonchev–Trinajstić information content (AvgIpc) is 2.50. The molecule has 0 N–H and O–H groups in total. The molecule has 0 aromatic heterocycles.